The number of carboxylic acid groups (broad SMARTS) is 1. The molecule has 2 aromatic rings. The van der Waals surface area contributed by atoms with Gasteiger partial charge in [-0.2, -0.15) is 26.3 Å². The molecule has 1 saturated heterocycles. The van der Waals surface area contributed by atoms with Crippen LogP contribution in [0.1, 0.15) is 86.3 Å². The van der Waals surface area contributed by atoms with Gasteiger partial charge in [-0.15, -0.1) is 0 Å². The number of aliphatic carboxylic acids is 1. The van der Waals surface area contributed by atoms with Crippen LogP contribution in [0.3, 0.4) is 0 Å². The van der Waals surface area contributed by atoms with Crippen LogP contribution in [0.5, 0.6) is 0 Å². The van der Waals surface area contributed by atoms with Gasteiger partial charge in [0.25, 0.3) is 0 Å². The fourth-order valence-corrected chi connectivity index (χ4v) is 4.97. The molecule has 10 heteroatoms. The van der Waals surface area contributed by atoms with E-state index in [0.717, 1.165) is 37.5 Å². The van der Waals surface area contributed by atoms with E-state index in [4.69, 9.17) is 0 Å². The second-order valence-electron chi connectivity index (χ2n) is 9.35. The van der Waals surface area contributed by atoms with E-state index in [0.29, 0.717) is 36.9 Å². The third-order valence-electron chi connectivity index (χ3n) is 6.78. The summed E-state index contributed by atoms with van der Waals surface area (Å²) in [5.74, 6) is -1.10. The summed E-state index contributed by atoms with van der Waals surface area (Å²) < 4.78 is 78.6. The molecule has 1 aliphatic heterocycles. The van der Waals surface area contributed by atoms with Crippen LogP contribution in [0.4, 0.5) is 26.3 Å². The molecule has 36 heavy (non-hydrogen) atoms. The van der Waals surface area contributed by atoms with Crippen molar-refractivity contribution in [1.82, 2.24) is 9.88 Å². The molecule has 0 saturated carbocycles. The Morgan fingerprint density at radius 3 is 2.28 bits per heavy atom. The molecule has 0 spiro atoms. The van der Waals surface area contributed by atoms with Crippen molar-refractivity contribution >= 4 is 5.97 Å². The number of unbranched alkanes of at least 4 members (excludes halogenated alkanes) is 2. The van der Waals surface area contributed by atoms with Gasteiger partial charge in [-0.05, 0) is 61.1 Å². The van der Waals surface area contributed by atoms with Gasteiger partial charge in [-0.3, -0.25) is 14.7 Å². The molecule has 0 amide bonds. The Bertz CT molecular complexity index is 989. The molecule has 1 N–H and O–H groups in total. The number of carbonyl (C=O) groups is 1. The molecule has 1 fully saturated rings. The van der Waals surface area contributed by atoms with Gasteiger partial charge in [-0.1, -0.05) is 44.4 Å². The topological polar surface area (TPSA) is 53.4 Å². The normalized spacial score (nSPS) is 20.3. The first-order valence-corrected chi connectivity index (χ1v) is 12.1. The molecule has 2 heterocycles. The minimum atomic E-state index is -4.56. The lowest BCUT2D eigenvalue weighted by atomic mass is 9.83. The predicted octanol–water partition coefficient (Wildman–Crippen LogP) is 7.67. The van der Waals surface area contributed by atoms with Crippen LogP contribution >= 0.6 is 0 Å². The van der Waals surface area contributed by atoms with Gasteiger partial charge < -0.3 is 5.11 Å². The second kappa shape index (κ2) is 11.6. The van der Waals surface area contributed by atoms with E-state index in [1.807, 2.05) is 6.92 Å². The Morgan fingerprint density at radius 1 is 1.06 bits per heavy atom. The average molecular weight is 517 g/mol. The largest absolute Gasteiger partial charge is 0.481 e. The zero-order chi connectivity index (χ0) is 26.5. The van der Waals surface area contributed by atoms with Crippen LogP contribution in [0.15, 0.2) is 42.6 Å². The number of benzene rings is 1. The Balaban J connectivity index is 1.97. The van der Waals surface area contributed by atoms with Crippen molar-refractivity contribution < 1.29 is 36.2 Å². The predicted molar refractivity (Wildman–Crippen MR) is 122 cm³/mol. The molecule has 1 aromatic heterocycles. The van der Waals surface area contributed by atoms with Gasteiger partial charge in [0, 0.05) is 24.7 Å². The van der Waals surface area contributed by atoms with Crippen molar-refractivity contribution in [3.8, 4) is 0 Å². The lowest BCUT2D eigenvalue weighted by Crippen LogP contribution is -2.40. The molecule has 1 aromatic carbocycles. The summed E-state index contributed by atoms with van der Waals surface area (Å²) in [5, 5.41) is 9.30. The van der Waals surface area contributed by atoms with Crippen LogP contribution in [0.25, 0.3) is 0 Å². The van der Waals surface area contributed by atoms with Crippen molar-refractivity contribution in [2.24, 2.45) is 5.92 Å². The monoisotopic (exact) mass is 516 g/mol. The lowest BCUT2D eigenvalue weighted by Gasteiger charge is -2.44. The fraction of sp³-hybridized carbons (Fsp3) is 0.538. The molecule has 3 atom stereocenters. The molecule has 198 valence electrons. The number of piperidine rings is 1. The Hall–Kier alpha value is -2.62. The van der Waals surface area contributed by atoms with Crippen molar-refractivity contribution in [3.05, 3.63) is 65.0 Å². The SMILES string of the molecule is CCCCC[C@H](c1ccc(C(F)(F)F)nc1)N1CC[C@@H](CC(=O)O)C[C@H]1c1ccc(C(F)(F)F)cc1. The standard InChI is InChI=1S/C26H30F6N2O2/c1-2-3-4-5-21(19-8-11-23(33-16-19)26(30,31)32)34-13-12-17(15-24(35)36)14-22(34)18-6-9-20(10-7-18)25(27,28)29/h6-11,16-17,21-22H,2-5,12-15H2,1H3,(H,35,36)/t17-,21-,22+/m1/s1. The maximum absolute atomic E-state index is 13.1. The molecule has 3 rings (SSSR count). The smallest absolute Gasteiger partial charge is 0.433 e. The van der Waals surface area contributed by atoms with Crippen LogP contribution in [0.2, 0.25) is 0 Å². The van der Waals surface area contributed by atoms with Crippen molar-refractivity contribution in [3.63, 3.8) is 0 Å². The molecular weight excluding hydrogens is 486 g/mol. The van der Waals surface area contributed by atoms with Crippen molar-refractivity contribution in [1.29, 1.82) is 0 Å². The Labute approximate surface area is 206 Å². The van der Waals surface area contributed by atoms with Gasteiger partial charge in [0.15, 0.2) is 0 Å². The van der Waals surface area contributed by atoms with Gasteiger partial charge in [0.05, 0.1) is 5.56 Å². The summed E-state index contributed by atoms with van der Waals surface area (Å²) in [6.45, 7) is 2.51. The van der Waals surface area contributed by atoms with Gasteiger partial charge in [0.2, 0.25) is 0 Å². The first-order chi connectivity index (χ1) is 16.9. The van der Waals surface area contributed by atoms with Crippen molar-refractivity contribution in [2.75, 3.05) is 6.54 Å². The van der Waals surface area contributed by atoms with Crippen LogP contribution in [0, 0.1) is 5.92 Å². The molecule has 0 bridgehead atoms. The summed E-state index contributed by atoms with van der Waals surface area (Å²) in [6.07, 6.45) is -3.54. The summed E-state index contributed by atoms with van der Waals surface area (Å²) in [6, 6.07) is 6.55. The summed E-state index contributed by atoms with van der Waals surface area (Å²) >= 11 is 0. The Kier molecular flexibility index (Phi) is 9.03. The number of hydrogen-bond donors (Lipinski definition) is 1. The maximum Gasteiger partial charge on any atom is 0.433 e. The fourth-order valence-electron chi connectivity index (χ4n) is 4.97. The maximum atomic E-state index is 13.1. The van der Waals surface area contributed by atoms with E-state index in [-0.39, 0.29) is 24.4 Å². The number of hydrogen-bond acceptors (Lipinski definition) is 3. The van der Waals surface area contributed by atoms with E-state index in [9.17, 15) is 36.2 Å². The number of pyridine rings is 1. The molecule has 0 radical (unpaired) electrons. The third kappa shape index (κ3) is 7.21. The van der Waals surface area contributed by atoms with Crippen LogP contribution < -0.4 is 0 Å². The van der Waals surface area contributed by atoms with Gasteiger partial charge in [-0.25, -0.2) is 0 Å². The van der Waals surface area contributed by atoms with E-state index >= 15 is 0 Å². The van der Waals surface area contributed by atoms with Crippen LogP contribution in [-0.2, 0) is 17.1 Å². The molecule has 0 aliphatic carbocycles. The van der Waals surface area contributed by atoms with Gasteiger partial charge >= 0.3 is 18.3 Å². The number of carboxylic acids is 1. The number of likely N-dealkylation sites (tertiary alicyclic amines) is 1. The number of nitrogens with zero attached hydrogens (tertiary/aromatic N) is 2. The highest BCUT2D eigenvalue weighted by Crippen LogP contribution is 2.43. The quantitative estimate of drug-likeness (QED) is 0.275. The van der Waals surface area contributed by atoms with Crippen LogP contribution in [-0.4, -0.2) is 27.5 Å². The minimum absolute atomic E-state index is 0.0483. The van der Waals surface area contributed by atoms with E-state index in [1.165, 1.54) is 24.4 Å². The molecular formula is C26H30F6N2O2. The third-order valence-corrected chi connectivity index (χ3v) is 6.78. The van der Waals surface area contributed by atoms with Crippen molar-refractivity contribution in [2.45, 2.75) is 76.3 Å². The summed E-state index contributed by atoms with van der Waals surface area (Å²) in [5.41, 5.74) is -0.536. The zero-order valence-corrected chi connectivity index (χ0v) is 19.9. The minimum Gasteiger partial charge on any atom is -0.481 e. The first-order valence-electron chi connectivity index (χ1n) is 12.1. The number of alkyl halides is 6. The number of aromatic nitrogens is 1. The molecule has 4 nitrogen and oxygen atoms in total. The number of halogens is 6. The molecule has 0 unspecified atom stereocenters. The zero-order valence-electron chi connectivity index (χ0n) is 19.9. The number of rotatable bonds is 9. The Morgan fingerprint density at radius 2 is 1.75 bits per heavy atom. The lowest BCUT2D eigenvalue weighted by molar-refractivity contribution is -0.141. The average Bonchev–Trinajstić information content (AvgIpc) is 2.81. The highest BCUT2D eigenvalue weighted by Gasteiger charge is 2.37. The first kappa shape index (κ1) is 28.0. The van der Waals surface area contributed by atoms with E-state index in [1.54, 1.807) is 0 Å². The highest BCUT2D eigenvalue weighted by atomic mass is 19.4. The highest BCUT2D eigenvalue weighted by molar-refractivity contribution is 5.67. The summed E-state index contributed by atoms with van der Waals surface area (Å²) in [4.78, 5) is 17.1. The van der Waals surface area contributed by atoms with E-state index < -0.39 is 29.6 Å². The molecule has 1 aliphatic rings. The second-order valence-corrected chi connectivity index (χ2v) is 9.35. The van der Waals surface area contributed by atoms with E-state index in [2.05, 4.69) is 9.88 Å². The summed E-state index contributed by atoms with van der Waals surface area (Å²) in [7, 11) is 0. The van der Waals surface area contributed by atoms with Gasteiger partial charge in [0.1, 0.15) is 5.69 Å².